The molecule has 2 aliphatic rings. The Balaban J connectivity index is 1.75. The Bertz CT molecular complexity index is 954. The molecule has 150 valence electrons. The number of aromatic nitrogens is 2. The van der Waals surface area contributed by atoms with Crippen molar-refractivity contribution in [3.63, 3.8) is 0 Å². The third-order valence-electron chi connectivity index (χ3n) is 6.34. The molecule has 4 rings (SSSR count). The van der Waals surface area contributed by atoms with Crippen molar-refractivity contribution >= 4 is 16.9 Å². The lowest BCUT2D eigenvalue weighted by atomic mass is 9.75. The van der Waals surface area contributed by atoms with Gasteiger partial charge in [-0.1, -0.05) is 12.1 Å². The molecule has 2 aliphatic heterocycles. The van der Waals surface area contributed by atoms with Crippen LogP contribution in [0.25, 0.3) is 10.9 Å². The first-order valence-corrected chi connectivity index (χ1v) is 9.88. The van der Waals surface area contributed by atoms with Crippen LogP contribution in [-0.4, -0.2) is 55.9 Å². The molecule has 3 heterocycles. The summed E-state index contributed by atoms with van der Waals surface area (Å²) in [4.78, 5) is 31.4. The van der Waals surface area contributed by atoms with E-state index < -0.39 is 17.7 Å². The number of carbonyl (C=O) groups excluding carboxylic acids is 1. The summed E-state index contributed by atoms with van der Waals surface area (Å²) in [7, 11) is 0. The normalized spacial score (nSPS) is 30.0. The number of para-hydroxylation sites is 1. The van der Waals surface area contributed by atoms with Crippen molar-refractivity contribution in [2.24, 2.45) is 0 Å². The average molecular weight is 385 g/mol. The van der Waals surface area contributed by atoms with Crippen molar-refractivity contribution in [2.45, 2.75) is 69.9 Å². The summed E-state index contributed by atoms with van der Waals surface area (Å²) in [6.45, 7) is 6.36. The highest BCUT2D eigenvalue weighted by Gasteiger charge is 2.52. The second-order valence-corrected chi connectivity index (χ2v) is 8.43. The number of carbonyl (C=O) groups is 1. The first kappa shape index (κ1) is 19.1. The first-order chi connectivity index (χ1) is 13.3. The van der Waals surface area contributed by atoms with Gasteiger partial charge in [-0.3, -0.25) is 19.1 Å². The van der Waals surface area contributed by atoms with E-state index in [4.69, 9.17) is 4.74 Å². The molecule has 0 unspecified atom stereocenters. The van der Waals surface area contributed by atoms with E-state index in [0.29, 0.717) is 17.3 Å². The zero-order valence-corrected chi connectivity index (χ0v) is 16.5. The van der Waals surface area contributed by atoms with Crippen LogP contribution in [0.3, 0.4) is 0 Å². The molecular weight excluding hydrogens is 358 g/mol. The van der Waals surface area contributed by atoms with Crippen LogP contribution in [0.15, 0.2) is 35.4 Å². The number of rotatable bonds is 2. The van der Waals surface area contributed by atoms with Gasteiger partial charge in [-0.05, 0) is 51.8 Å². The van der Waals surface area contributed by atoms with E-state index in [0.717, 1.165) is 19.4 Å². The first-order valence-electron chi connectivity index (χ1n) is 9.88. The van der Waals surface area contributed by atoms with E-state index >= 15 is 0 Å². The highest BCUT2D eigenvalue weighted by Crippen LogP contribution is 2.43. The molecule has 0 saturated carbocycles. The van der Waals surface area contributed by atoms with Crippen LogP contribution in [0.5, 0.6) is 0 Å². The van der Waals surface area contributed by atoms with Crippen LogP contribution >= 0.6 is 0 Å². The summed E-state index contributed by atoms with van der Waals surface area (Å²) >= 11 is 0. The van der Waals surface area contributed by atoms with Crippen molar-refractivity contribution in [1.82, 2.24) is 14.5 Å². The average Bonchev–Trinajstić information content (AvgIpc) is 2.64. The largest absolute Gasteiger partial charge is 0.461 e. The Morgan fingerprint density at radius 3 is 2.82 bits per heavy atom. The highest BCUT2D eigenvalue weighted by atomic mass is 16.5. The van der Waals surface area contributed by atoms with E-state index in [9.17, 15) is 14.7 Å². The summed E-state index contributed by atoms with van der Waals surface area (Å²) in [5.41, 5.74) is 0.00196. The summed E-state index contributed by atoms with van der Waals surface area (Å²) < 4.78 is 7.13. The van der Waals surface area contributed by atoms with Gasteiger partial charge in [0.25, 0.3) is 5.56 Å². The molecule has 7 heteroatoms. The number of fused-ring (bicyclic) bond motifs is 2. The maximum atomic E-state index is 13.2. The fraction of sp³-hybridized carbons (Fsp3) is 0.571. The molecule has 0 amide bonds. The molecule has 4 atom stereocenters. The number of aliphatic hydroxyl groups excluding tert-OH is 1. The van der Waals surface area contributed by atoms with Crippen molar-refractivity contribution < 1.29 is 14.6 Å². The second kappa shape index (κ2) is 6.97. The molecule has 1 aromatic heterocycles. The van der Waals surface area contributed by atoms with Gasteiger partial charge in [0.05, 0.1) is 29.4 Å². The number of piperidine rings is 2. The van der Waals surface area contributed by atoms with Crippen molar-refractivity contribution in [1.29, 1.82) is 0 Å². The quantitative estimate of drug-likeness (QED) is 0.795. The van der Waals surface area contributed by atoms with E-state index in [1.165, 1.54) is 6.92 Å². The summed E-state index contributed by atoms with van der Waals surface area (Å²) in [5, 5.41) is 11.6. The third kappa shape index (κ3) is 3.02. The Hall–Kier alpha value is -2.25. The van der Waals surface area contributed by atoms with Crippen LogP contribution in [0, 0.1) is 0 Å². The number of benzene rings is 1. The van der Waals surface area contributed by atoms with Gasteiger partial charge in [0.1, 0.15) is 6.10 Å². The van der Waals surface area contributed by atoms with Crippen molar-refractivity contribution in [3.8, 4) is 0 Å². The summed E-state index contributed by atoms with van der Waals surface area (Å²) in [6.07, 6.45) is 2.73. The molecule has 0 bridgehead atoms. The molecule has 0 spiro atoms. The SMILES string of the molecule is CC(=O)O[C@H]1CCCN2[C@@H]1C[C@H](O)[C@H](n1cnc3ccccc3c1=O)C2(C)C. The molecule has 2 fully saturated rings. The van der Waals surface area contributed by atoms with Gasteiger partial charge in [0, 0.05) is 18.5 Å². The number of nitrogens with zero attached hydrogens (tertiary/aromatic N) is 3. The fourth-order valence-corrected chi connectivity index (χ4v) is 5.19. The second-order valence-electron chi connectivity index (χ2n) is 8.43. The smallest absolute Gasteiger partial charge is 0.302 e. The fourth-order valence-electron chi connectivity index (χ4n) is 5.19. The lowest BCUT2D eigenvalue weighted by molar-refractivity contribution is -0.169. The van der Waals surface area contributed by atoms with Gasteiger partial charge in [0.15, 0.2) is 0 Å². The minimum absolute atomic E-state index is 0.0528. The van der Waals surface area contributed by atoms with E-state index in [2.05, 4.69) is 9.88 Å². The van der Waals surface area contributed by atoms with Crippen LogP contribution < -0.4 is 5.56 Å². The topological polar surface area (TPSA) is 84.7 Å². The monoisotopic (exact) mass is 385 g/mol. The molecule has 2 aromatic rings. The lowest BCUT2D eigenvalue weighted by Gasteiger charge is -2.57. The van der Waals surface area contributed by atoms with Crippen LogP contribution in [0.2, 0.25) is 0 Å². The number of esters is 1. The van der Waals surface area contributed by atoms with Crippen molar-refractivity contribution in [2.75, 3.05) is 6.54 Å². The molecular formula is C21H27N3O4. The number of hydrogen-bond acceptors (Lipinski definition) is 6. The molecule has 0 radical (unpaired) electrons. The molecule has 1 aromatic carbocycles. The predicted molar refractivity (Wildman–Crippen MR) is 105 cm³/mol. The minimum atomic E-state index is -0.743. The summed E-state index contributed by atoms with van der Waals surface area (Å²) in [6, 6.07) is 6.76. The number of hydrogen-bond donors (Lipinski definition) is 1. The van der Waals surface area contributed by atoms with Crippen molar-refractivity contribution in [3.05, 3.63) is 40.9 Å². The standard InChI is InChI=1S/C21H27N3O4/c1-13(25)28-18-9-6-10-24-16(18)11-17(26)19(21(24,2)3)23-12-22-15-8-5-4-7-14(15)20(23)27/h4-5,7-8,12,16-19,26H,6,9-11H2,1-3H3/t16-,17+,18+,19+/m1/s1. The maximum absolute atomic E-state index is 13.2. The summed E-state index contributed by atoms with van der Waals surface area (Å²) in [5.74, 6) is -0.295. The zero-order chi connectivity index (χ0) is 20.1. The van der Waals surface area contributed by atoms with Gasteiger partial charge in [-0.25, -0.2) is 4.98 Å². The van der Waals surface area contributed by atoms with E-state index in [1.807, 2.05) is 32.0 Å². The number of ether oxygens (including phenoxy) is 1. The van der Waals surface area contributed by atoms with Gasteiger partial charge in [-0.2, -0.15) is 0 Å². The van der Waals surface area contributed by atoms with Gasteiger partial charge >= 0.3 is 5.97 Å². The molecule has 1 N–H and O–H groups in total. The van der Waals surface area contributed by atoms with Gasteiger partial charge < -0.3 is 9.84 Å². The third-order valence-corrected chi connectivity index (χ3v) is 6.34. The Morgan fingerprint density at radius 1 is 1.32 bits per heavy atom. The molecule has 2 saturated heterocycles. The Kier molecular flexibility index (Phi) is 4.75. The Labute approximate surface area is 163 Å². The lowest BCUT2D eigenvalue weighted by Crippen LogP contribution is -2.68. The molecule has 28 heavy (non-hydrogen) atoms. The van der Waals surface area contributed by atoms with Gasteiger partial charge in [-0.15, -0.1) is 0 Å². The van der Waals surface area contributed by atoms with E-state index in [1.54, 1.807) is 17.0 Å². The Morgan fingerprint density at radius 2 is 2.07 bits per heavy atom. The maximum Gasteiger partial charge on any atom is 0.302 e. The minimum Gasteiger partial charge on any atom is -0.461 e. The number of aliphatic hydroxyl groups is 1. The van der Waals surface area contributed by atoms with Crippen LogP contribution in [0.4, 0.5) is 0 Å². The van der Waals surface area contributed by atoms with Crippen LogP contribution in [0.1, 0.15) is 46.1 Å². The highest BCUT2D eigenvalue weighted by molar-refractivity contribution is 5.76. The molecule has 7 nitrogen and oxygen atoms in total. The molecule has 0 aliphatic carbocycles. The predicted octanol–water partition coefficient (Wildman–Crippen LogP) is 1.88. The van der Waals surface area contributed by atoms with E-state index in [-0.39, 0.29) is 23.7 Å². The zero-order valence-electron chi connectivity index (χ0n) is 16.5. The van der Waals surface area contributed by atoms with Crippen LogP contribution in [-0.2, 0) is 9.53 Å². The van der Waals surface area contributed by atoms with Gasteiger partial charge in [0.2, 0.25) is 0 Å².